The quantitative estimate of drug-likeness (QED) is 0.0261. The van der Waals surface area contributed by atoms with Crippen LogP contribution in [0.3, 0.4) is 0 Å². The lowest BCUT2D eigenvalue weighted by molar-refractivity contribution is -0.167. The van der Waals surface area contributed by atoms with E-state index in [-0.39, 0.29) is 31.1 Å². The molecule has 0 radical (unpaired) electrons. The van der Waals surface area contributed by atoms with Crippen molar-refractivity contribution in [1.82, 2.24) is 0 Å². The molecule has 0 saturated heterocycles. The molecule has 0 aromatic heterocycles. The Kier molecular flexibility index (Phi) is 65.7. The molecule has 0 spiro atoms. The fourth-order valence-electron chi connectivity index (χ4n) is 9.86. The maximum absolute atomic E-state index is 12.9. The van der Waals surface area contributed by atoms with Gasteiger partial charge in [0.15, 0.2) is 6.10 Å². The first-order valence-electron chi connectivity index (χ1n) is 34.7. The van der Waals surface area contributed by atoms with Gasteiger partial charge in [-0.1, -0.05) is 304 Å². The summed E-state index contributed by atoms with van der Waals surface area (Å²) < 4.78 is 16.9. The predicted molar refractivity (Wildman–Crippen MR) is 353 cm³/mol. The van der Waals surface area contributed by atoms with Crippen LogP contribution in [0.15, 0.2) is 97.2 Å². The van der Waals surface area contributed by atoms with E-state index in [1.807, 2.05) is 0 Å². The first-order valence-corrected chi connectivity index (χ1v) is 34.7. The van der Waals surface area contributed by atoms with Crippen molar-refractivity contribution in [1.29, 1.82) is 0 Å². The van der Waals surface area contributed by atoms with Crippen molar-refractivity contribution in [3.8, 4) is 0 Å². The second-order valence-electron chi connectivity index (χ2n) is 23.1. The maximum atomic E-state index is 12.9. The van der Waals surface area contributed by atoms with Crippen molar-refractivity contribution in [3.05, 3.63) is 97.2 Å². The van der Waals surface area contributed by atoms with Gasteiger partial charge in [-0.15, -0.1) is 0 Å². The van der Waals surface area contributed by atoms with E-state index in [0.29, 0.717) is 19.3 Å². The van der Waals surface area contributed by atoms with E-state index in [0.717, 1.165) is 116 Å². The number of hydrogen-bond donors (Lipinski definition) is 0. The number of carbonyl (C=O) groups excluding carboxylic acids is 3. The summed E-state index contributed by atoms with van der Waals surface area (Å²) >= 11 is 0. The van der Waals surface area contributed by atoms with Gasteiger partial charge in [-0.3, -0.25) is 14.4 Å². The molecule has 466 valence electrons. The Morgan fingerprint density at radius 3 is 0.815 bits per heavy atom. The first-order chi connectivity index (χ1) is 40.0. The van der Waals surface area contributed by atoms with Gasteiger partial charge in [-0.25, -0.2) is 0 Å². The monoisotopic (exact) mass is 1130 g/mol. The third-order valence-corrected chi connectivity index (χ3v) is 15.0. The zero-order valence-electron chi connectivity index (χ0n) is 53.5. The maximum Gasteiger partial charge on any atom is 0.306 e. The smallest absolute Gasteiger partial charge is 0.306 e. The number of hydrogen-bond acceptors (Lipinski definition) is 6. The standard InChI is InChI=1S/C75H130O6/c1-4-7-10-13-16-19-22-24-26-28-30-31-32-33-34-35-36-37-38-39-40-41-42-43-44-45-46-48-49-51-53-56-59-62-65-68-74(77)80-71-72(70-79-73(76)67-64-61-58-55-21-18-15-12-9-6-3)81-75(78)69-66-63-60-57-54-52-50-47-29-27-25-23-20-17-14-11-8-5-2/h7,10,12,15-16,19-20,23-24,26-27,29-31,33-34,72H,4-6,8-9,11,13-14,17-18,21-22,25,28,32,35-71H2,1-3H3/b10-7-,15-12-,19-16-,23-20-,26-24-,29-27-,31-30-,34-33-. The lowest BCUT2D eigenvalue weighted by Crippen LogP contribution is -2.30. The van der Waals surface area contributed by atoms with Crippen LogP contribution in [0, 0.1) is 0 Å². The van der Waals surface area contributed by atoms with Crippen LogP contribution in [-0.4, -0.2) is 37.2 Å². The molecule has 6 nitrogen and oxygen atoms in total. The van der Waals surface area contributed by atoms with Crippen molar-refractivity contribution >= 4 is 17.9 Å². The molecule has 0 saturated carbocycles. The fourth-order valence-corrected chi connectivity index (χ4v) is 9.86. The minimum atomic E-state index is -0.783. The van der Waals surface area contributed by atoms with E-state index < -0.39 is 6.10 Å². The van der Waals surface area contributed by atoms with E-state index in [4.69, 9.17) is 14.2 Å². The van der Waals surface area contributed by atoms with Crippen molar-refractivity contribution in [2.24, 2.45) is 0 Å². The highest BCUT2D eigenvalue weighted by Crippen LogP contribution is 2.17. The zero-order valence-corrected chi connectivity index (χ0v) is 53.5. The number of allylic oxidation sites excluding steroid dienone is 16. The average molecular weight is 1130 g/mol. The summed E-state index contributed by atoms with van der Waals surface area (Å²) in [6, 6.07) is 0. The number of esters is 3. The molecule has 0 aliphatic rings. The van der Waals surface area contributed by atoms with Crippen LogP contribution in [0.4, 0.5) is 0 Å². The van der Waals surface area contributed by atoms with E-state index in [1.54, 1.807) is 0 Å². The Labute approximate surface area is 502 Å². The van der Waals surface area contributed by atoms with Gasteiger partial charge in [-0.2, -0.15) is 0 Å². The molecule has 0 aromatic rings. The summed E-state index contributed by atoms with van der Waals surface area (Å²) in [6.07, 6.45) is 93.1. The summed E-state index contributed by atoms with van der Waals surface area (Å²) in [4.78, 5) is 38.3. The van der Waals surface area contributed by atoms with Crippen molar-refractivity contribution < 1.29 is 28.6 Å². The molecule has 0 aliphatic carbocycles. The summed E-state index contributed by atoms with van der Waals surface area (Å²) in [6.45, 7) is 6.47. The molecule has 0 fully saturated rings. The lowest BCUT2D eigenvalue weighted by Gasteiger charge is -2.18. The molecule has 6 heteroatoms. The molecule has 0 amide bonds. The van der Waals surface area contributed by atoms with Gasteiger partial charge in [-0.05, 0) is 116 Å². The molecule has 0 N–H and O–H groups in total. The summed E-state index contributed by atoms with van der Waals surface area (Å²) in [5.74, 6) is -0.884. The van der Waals surface area contributed by atoms with E-state index >= 15 is 0 Å². The van der Waals surface area contributed by atoms with Crippen molar-refractivity contribution in [2.45, 2.75) is 348 Å². The highest BCUT2D eigenvalue weighted by molar-refractivity contribution is 5.71. The van der Waals surface area contributed by atoms with Gasteiger partial charge >= 0.3 is 17.9 Å². The van der Waals surface area contributed by atoms with Gasteiger partial charge < -0.3 is 14.2 Å². The van der Waals surface area contributed by atoms with Gasteiger partial charge in [0.1, 0.15) is 13.2 Å². The van der Waals surface area contributed by atoms with Crippen LogP contribution in [-0.2, 0) is 28.6 Å². The van der Waals surface area contributed by atoms with E-state index in [1.165, 1.54) is 186 Å². The molecule has 0 aliphatic heterocycles. The largest absolute Gasteiger partial charge is 0.462 e. The first kappa shape index (κ1) is 77.3. The van der Waals surface area contributed by atoms with Gasteiger partial charge in [0.25, 0.3) is 0 Å². The van der Waals surface area contributed by atoms with Crippen molar-refractivity contribution in [2.75, 3.05) is 13.2 Å². The highest BCUT2D eigenvalue weighted by Gasteiger charge is 2.19. The van der Waals surface area contributed by atoms with Crippen LogP contribution in [0.2, 0.25) is 0 Å². The summed E-state index contributed by atoms with van der Waals surface area (Å²) in [5, 5.41) is 0. The number of rotatable bonds is 63. The summed E-state index contributed by atoms with van der Waals surface area (Å²) in [5.41, 5.74) is 0. The lowest BCUT2D eigenvalue weighted by atomic mass is 10.0. The molecule has 0 rings (SSSR count). The third kappa shape index (κ3) is 67.0. The number of carbonyl (C=O) groups is 3. The zero-order chi connectivity index (χ0) is 58.5. The molecule has 0 heterocycles. The average Bonchev–Trinajstić information content (AvgIpc) is 3.47. The Balaban J connectivity index is 4.08. The van der Waals surface area contributed by atoms with Gasteiger partial charge in [0, 0.05) is 19.3 Å². The Bertz CT molecular complexity index is 1580. The predicted octanol–water partition coefficient (Wildman–Crippen LogP) is 24.0. The van der Waals surface area contributed by atoms with Gasteiger partial charge in [0.05, 0.1) is 0 Å². The molecule has 1 unspecified atom stereocenters. The third-order valence-electron chi connectivity index (χ3n) is 15.0. The van der Waals surface area contributed by atoms with Crippen LogP contribution in [0.25, 0.3) is 0 Å². The Hall–Kier alpha value is -3.67. The van der Waals surface area contributed by atoms with Crippen LogP contribution in [0.5, 0.6) is 0 Å². The highest BCUT2D eigenvalue weighted by atomic mass is 16.6. The topological polar surface area (TPSA) is 78.9 Å². The molecular weight excluding hydrogens is 997 g/mol. The summed E-state index contributed by atoms with van der Waals surface area (Å²) in [7, 11) is 0. The Morgan fingerprint density at radius 1 is 0.259 bits per heavy atom. The van der Waals surface area contributed by atoms with Crippen LogP contribution in [0.1, 0.15) is 342 Å². The molecule has 1 atom stereocenters. The second-order valence-corrected chi connectivity index (χ2v) is 23.1. The van der Waals surface area contributed by atoms with Crippen molar-refractivity contribution in [3.63, 3.8) is 0 Å². The second kappa shape index (κ2) is 68.8. The SMILES string of the molecule is CC/C=C\C/C=C\C/C=C\C/C=C\C/C=C\CCCCCCCCCCCCCCCCCCCCCC(=O)OCC(COC(=O)CCCCCCC/C=C\CCC)OC(=O)CCCCCCCCC/C=C\C/C=C\CCCCCC. The van der Waals surface area contributed by atoms with E-state index in [9.17, 15) is 14.4 Å². The van der Waals surface area contributed by atoms with Crippen LogP contribution < -0.4 is 0 Å². The molecule has 81 heavy (non-hydrogen) atoms. The van der Waals surface area contributed by atoms with Gasteiger partial charge in [0.2, 0.25) is 0 Å². The fraction of sp³-hybridized carbons (Fsp3) is 0.747. The molecule has 0 aromatic carbocycles. The minimum absolute atomic E-state index is 0.0795. The molecular formula is C75H130O6. The number of ether oxygens (including phenoxy) is 3. The van der Waals surface area contributed by atoms with E-state index in [2.05, 4.69) is 118 Å². The minimum Gasteiger partial charge on any atom is -0.462 e. The normalized spacial score (nSPS) is 12.7. The number of unbranched alkanes of at least 4 members (excludes halogenated alkanes) is 36. The van der Waals surface area contributed by atoms with Crippen LogP contribution >= 0.6 is 0 Å². The Morgan fingerprint density at radius 2 is 0.506 bits per heavy atom. The molecule has 0 bridgehead atoms.